The monoisotopic (exact) mass is 362 g/mol. The summed E-state index contributed by atoms with van der Waals surface area (Å²) in [6, 6.07) is 0. The van der Waals surface area contributed by atoms with Crippen LogP contribution in [0.2, 0.25) is 0 Å². The van der Waals surface area contributed by atoms with Gasteiger partial charge in [-0.1, -0.05) is 0 Å². The lowest BCUT2D eigenvalue weighted by atomic mass is 9.85. The van der Waals surface area contributed by atoms with Gasteiger partial charge in [0.1, 0.15) is 36.1 Å². The number of fused-ring (bicyclic) bond motifs is 3. The molecule has 1 unspecified atom stereocenters. The van der Waals surface area contributed by atoms with E-state index >= 15 is 0 Å². The number of hydrogen-bond donors (Lipinski definition) is 6. The molecule has 0 aromatic rings. The van der Waals surface area contributed by atoms with Crippen molar-refractivity contribution in [3.05, 3.63) is 12.3 Å². The molecule has 0 aromatic heterocycles. The maximum absolute atomic E-state index is 10.3. The summed E-state index contributed by atoms with van der Waals surface area (Å²) in [4.78, 5) is 0. The van der Waals surface area contributed by atoms with E-state index in [0.717, 1.165) is 0 Å². The van der Waals surface area contributed by atoms with Crippen LogP contribution in [0.1, 0.15) is 0 Å². The first kappa shape index (κ1) is 17.6. The van der Waals surface area contributed by atoms with E-state index < -0.39 is 67.3 Å². The second kappa shape index (κ2) is 6.12. The normalized spacial score (nSPS) is 56.9. The molecule has 0 spiro atoms. The quantitative estimate of drug-likeness (QED) is 0.276. The van der Waals surface area contributed by atoms with Crippen LogP contribution < -0.4 is 0 Å². The van der Waals surface area contributed by atoms with Gasteiger partial charge in [-0.15, -0.1) is 0 Å². The number of epoxide rings is 1. The number of hydrogen-bond acceptors (Lipinski definition) is 10. The SMILES string of the molecule is OC[C@H]1O[C@@H](O[C@H]2OC=C[C@@H]3[C@@H](O)[C@H]4OC4(CO)[C@H]23)[C@H](O)[C@@H](O)[C@@H]1O. The molecule has 2 saturated heterocycles. The van der Waals surface area contributed by atoms with Crippen molar-refractivity contribution in [1.82, 2.24) is 0 Å². The lowest BCUT2D eigenvalue weighted by molar-refractivity contribution is -0.344. The fourth-order valence-electron chi connectivity index (χ4n) is 4.17. The third-order valence-corrected chi connectivity index (χ3v) is 5.62. The Balaban J connectivity index is 1.53. The Morgan fingerprint density at radius 2 is 1.72 bits per heavy atom. The van der Waals surface area contributed by atoms with Gasteiger partial charge in [0, 0.05) is 5.92 Å². The first-order valence-electron chi connectivity index (χ1n) is 8.19. The Morgan fingerprint density at radius 3 is 2.40 bits per heavy atom. The summed E-state index contributed by atoms with van der Waals surface area (Å²) < 4.78 is 21.9. The minimum atomic E-state index is -1.57. The van der Waals surface area contributed by atoms with Crippen LogP contribution in [-0.2, 0) is 18.9 Å². The van der Waals surface area contributed by atoms with Crippen LogP contribution in [0.15, 0.2) is 12.3 Å². The molecule has 1 saturated carbocycles. The molecule has 3 fully saturated rings. The summed E-state index contributed by atoms with van der Waals surface area (Å²) in [5.41, 5.74) is -0.992. The highest BCUT2D eigenvalue weighted by Gasteiger charge is 2.75. The zero-order chi connectivity index (χ0) is 17.9. The molecule has 3 heterocycles. The Bertz CT molecular complexity index is 540. The van der Waals surface area contributed by atoms with Gasteiger partial charge in [0.05, 0.1) is 31.5 Å². The molecule has 0 aromatic carbocycles. The number of aliphatic hydroxyl groups is 6. The van der Waals surface area contributed by atoms with Gasteiger partial charge in [-0.05, 0) is 6.08 Å². The summed E-state index contributed by atoms with van der Waals surface area (Å²) in [7, 11) is 0. The average Bonchev–Trinajstić information content (AvgIpc) is 3.31. The smallest absolute Gasteiger partial charge is 0.208 e. The molecule has 1 aliphatic carbocycles. The molecule has 3 aliphatic heterocycles. The van der Waals surface area contributed by atoms with Gasteiger partial charge < -0.3 is 49.6 Å². The topological polar surface area (TPSA) is 162 Å². The van der Waals surface area contributed by atoms with Gasteiger partial charge in [0.25, 0.3) is 0 Å². The van der Waals surface area contributed by atoms with Crippen LogP contribution >= 0.6 is 0 Å². The maximum Gasteiger partial charge on any atom is 0.208 e. The lowest BCUT2D eigenvalue weighted by Crippen LogP contribution is -2.60. The van der Waals surface area contributed by atoms with Crippen molar-refractivity contribution in [2.75, 3.05) is 13.2 Å². The first-order chi connectivity index (χ1) is 11.9. The van der Waals surface area contributed by atoms with Gasteiger partial charge >= 0.3 is 0 Å². The molecule has 4 rings (SSSR count). The van der Waals surface area contributed by atoms with Gasteiger partial charge in [0.15, 0.2) is 6.29 Å². The van der Waals surface area contributed by atoms with Crippen LogP contribution in [0, 0.1) is 11.8 Å². The molecule has 4 aliphatic rings. The minimum Gasteiger partial charge on any atom is -0.472 e. The van der Waals surface area contributed by atoms with E-state index in [4.69, 9.17) is 18.9 Å². The van der Waals surface area contributed by atoms with E-state index in [-0.39, 0.29) is 12.5 Å². The summed E-state index contributed by atoms with van der Waals surface area (Å²) in [5.74, 6) is -0.913. The van der Waals surface area contributed by atoms with E-state index in [9.17, 15) is 30.6 Å². The van der Waals surface area contributed by atoms with E-state index in [1.807, 2.05) is 0 Å². The Kier molecular flexibility index (Phi) is 4.30. The molecule has 6 N–H and O–H groups in total. The largest absolute Gasteiger partial charge is 0.472 e. The van der Waals surface area contributed by atoms with E-state index in [1.54, 1.807) is 6.08 Å². The highest BCUT2D eigenvalue weighted by molar-refractivity contribution is 5.24. The van der Waals surface area contributed by atoms with Gasteiger partial charge in [-0.25, -0.2) is 0 Å². The van der Waals surface area contributed by atoms with Crippen LogP contribution in [0.25, 0.3) is 0 Å². The Hall–Kier alpha value is -0.820. The Morgan fingerprint density at radius 1 is 0.960 bits per heavy atom. The highest BCUT2D eigenvalue weighted by Crippen LogP contribution is 2.59. The molecular formula is C15H22O10. The van der Waals surface area contributed by atoms with Crippen molar-refractivity contribution < 1.29 is 49.6 Å². The third kappa shape index (κ3) is 2.45. The molecule has 25 heavy (non-hydrogen) atoms. The molecule has 10 heteroatoms. The minimum absolute atomic E-state index is 0.332. The van der Waals surface area contributed by atoms with Gasteiger partial charge in [-0.2, -0.15) is 0 Å². The molecule has 10 nitrogen and oxygen atoms in total. The van der Waals surface area contributed by atoms with Crippen molar-refractivity contribution in [3.63, 3.8) is 0 Å². The number of ether oxygens (including phenoxy) is 4. The fourth-order valence-corrected chi connectivity index (χ4v) is 4.17. The van der Waals surface area contributed by atoms with Crippen molar-refractivity contribution in [2.45, 2.75) is 54.8 Å². The molecular weight excluding hydrogens is 340 g/mol. The number of rotatable bonds is 4. The molecule has 142 valence electrons. The van der Waals surface area contributed by atoms with Crippen molar-refractivity contribution in [1.29, 1.82) is 0 Å². The van der Waals surface area contributed by atoms with Crippen LogP contribution in [0.3, 0.4) is 0 Å². The number of aliphatic hydroxyl groups excluding tert-OH is 6. The molecule has 0 amide bonds. The summed E-state index contributed by atoms with van der Waals surface area (Å²) in [6.45, 7) is -0.908. The summed E-state index contributed by atoms with van der Waals surface area (Å²) in [5, 5.41) is 59.0. The van der Waals surface area contributed by atoms with Crippen LogP contribution in [-0.4, -0.2) is 98.7 Å². The van der Waals surface area contributed by atoms with Crippen molar-refractivity contribution in [3.8, 4) is 0 Å². The molecule has 0 radical (unpaired) electrons. The van der Waals surface area contributed by atoms with Crippen LogP contribution in [0.4, 0.5) is 0 Å². The second-order valence-electron chi connectivity index (χ2n) is 6.91. The molecule has 0 bridgehead atoms. The summed E-state index contributed by atoms with van der Waals surface area (Å²) >= 11 is 0. The fraction of sp³-hybridized carbons (Fsp3) is 0.867. The van der Waals surface area contributed by atoms with Crippen molar-refractivity contribution >= 4 is 0 Å². The maximum atomic E-state index is 10.3. The highest BCUT2D eigenvalue weighted by atomic mass is 16.8. The van der Waals surface area contributed by atoms with Crippen molar-refractivity contribution in [2.24, 2.45) is 11.8 Å². The van der Waals surface area contributed by atoms with Crippen LogP contribution in [0.5, 0.6) is 0 Å². The average molecular weight is 362 g/mol. The molecule has 11 atom stereocenters. The zero-order valence-electron chi connectivity index (χ0n) is 13.2. The third-order valence-electron chi connectivity index (χ3n) is 5.62. The predicted octanol–water partition coefficient (Wildman–Crippen LogP) is -3.59. The van der Waals surface area contributed by atoms with Gasteiger partial charge in [-0.3, -0.25) is 0 Å². The Labute approximate surface area is 142 Å². The van der Waals surface area contributed by atoms with E-state index in [1.165, 1.54) is 6.26 Å². The predicted molar refractivity (Wildman–Crippen MR) is 76.5 cm³/mol. The van der Waals surface area contributed by atoms with E-state index in [2.05, 4.69) is 0 Å². The zero-order valence-corrected chi connectivity index (χ0v) is 13.2. The van der Waals surface area contributed by atoms with E-state index in [0.29, 0.717) is 0 Å². The summed E-state index contributed by atoms with van der Waals surface area (Å²) in [6.07, 6.45) is -6.47. The first-order valence-corrected chi connectivity index (χ1v) is 8.19. The van der Waals surface area contributed by atoms with Gasteiger partial charge in [0.2, 0.25) is 6.29 Å². The lowest BCUT2D eigenvalue weighted by Gasteiger charge is -2.43. The second-order valence-corrected chi connectivity index (χ2v) is 6.91. The standard InChI is InChI=1S/C15H22O10/c16-3-6-9(19)10(20)11(21)14(23-6)24-13-7-5(1-2-22-13)8(18)12-15(7,4-17)25-12/h1-2,5-14,16-21H,3-4H2/t5-,6+,7-,8+,9+,10-,11+,12+,13+,14-,15?/m0/s1.